The van der Waals surface area contributed by atoms with Crippen molar-refractivity contribution < 1.29 is 22.8 Å². The quantitative estimate of drug-likeness (QED) is 0.616. The van der Waals surface area contributed by atoms with Crippen LogP contribution in [0.1, 0.15) is 38.5 Å². The Morgan fingerprint density at radius 3 is 2.41 bits per heavy atom. The molecule has 0 aliphatic carbocycles. The van der Waals surface area contributed by atoms with E-state index in [-0.39, 0.29) is 29.6 Å². The van der Waals surface area contributed by atoms with Crippen LogP contribution in [0.4, 0.5) is 8.78 Å². The third kappa shape index (κ3) is 6.00. The predicted molar refractivity (Wildman–Crippen MR) is 123 cm³/mol. The molecule has 0 N–H and O–H groups in total. The minimum atomic E-state index is -0.719. The molecule has 34 heavy (non-hydrogen) atoms. The molecule has 1 aromatic heterocycles. The van der Waals surface area contributed by atoms with Crippen molar-refractivity contribution in [2.45, 2.75) is 39.0 Å². The number of hydrogen-bond donors (Lipinski definition) is 0. The van der Waals surface area contributed by atoms with E-state index in [1.807, 2.05) is 9.80 Å². The summed E-state index contributed by atoms with van der Waals surface area (Å²) in [5, 5.41) is 0. The fraction of sp³-hybridized carbons (Fsp3) is 0.560. The predicted octanol–water partition coefficient (Wildman–Crippen LogP) is 3.35. The molecule has 3 heterocycles. The number of rotatable bonds is 7. The van der Waals surface area contributed by atoms with Crippen molar-refractivity contribution in [2.24, 2.45) is 5.92 Å². The monoisotopic (exact) mass is 474 g/mol. The summed E-state index contributed by atoms with van der Waals surface area (Å²) in [7, 11) is 0. The average molecular weight is 475 g/mol. The van der Waals surface area contributed by atoms with Crippen LogP contribution in [0, 0.1) is 17.6 Å². The number of hydrogen-bond acceptors (Lipinski definition) is 5. The molecule has 2 fully saturated rings. The lowest BCUT2D eigenvalue weighted by Gasteiger charge is -2.36. The number of carbonyl (C=O) groups is 2. The van der Waals surface area contributed by atoms with Crippen LogP contribution in [-0.2, 0) is 16.0 Å². The van der Waals surface area contributed by atoms with Crippen LogP contribution in [0.2, 0.25) is 0 Å². The molecule has 0 saturated carbocycles. The summed E-state index contributed by atoms with van der Waals surface area (Å²) in [6.07, 6.45) is 4.17. The van der Waals surface area contributed by atoms with Gasteiger partial charge in [-0.15, -0.1) is 0 Å². The molecule has 2 aliphatic rings. The van der Waals surface area contributed by atoms with Gasteiger partial charge in [-0.2, -0.15) is 0 Å². The highest BCUT2D eigenvalue weighted by atomic mass is 19.1. The van der Waals surface area contributed by atoms with Crippen LogP contribution in [0.5, 0.6) is 0 Å². The van der Waals surface area contributed by atoms with Crippen molar-refractivity contribution in [3.63, 3.8) is 0 Å². The van der Waals surface area contributed by atoms with Crippen molar-refractivity contribution >= 4 is 11.8 Å². The van der Waals surface area contributed by atoms with E-state index in [1.54, 1.807) is 0 Å². The van der Waals surface area contributed by atoms with Gasteiger partial charge in [0.05, 0.1) is 11.8 Å². The number of oxazole rings is 1. The molecular weight excluding hydrogens is 442 g/mol. The molecular formula is C25H32F2N4O3. The highest BCUT2D eigenvalue weighted by Crippen LogP contribution is 2.25. The van der Waals surface area contributed by atoms with Gasteiger partial charge in [-0.1, -0.05) is 6.92 Å². The molecule has 184 valence electrons. The fourth-order valence-electron chi connectivity index (χ4n) is 4.69. The van der Waals surface area contributed by atoms with Crippen LogP contribution in [0.25, 0.3) is 11.3 Å². The topological polar surface area (TPSA) is 69.9 Å². The molecule has 0 atom stereocenters. The highest BCUT2D eigenvalue weighted by Gasteiger charge is 2.27. The summed E-state index contributed by atoms with van der Waals surface area (Å²) in [4.78, 5) is 35.6. The van der Waals surface area contributed by atoms with E-state index in [9.17, 15) is 18.4 Å². The van der Waals surface area contributed by atoms with E-state index >= 15 is 0 Å². The number of likely N-dealkylation sites (tertiary alicyclic amines) is 1. The highest BCUT2D eigenvalue weighted by molar-refractivity contribution is 5.77. The number of aromatic nitrogens is 1. The SMILES string of the molecule is CCN1CCN(C(=O)CC2CCN(C(=O)CCc3ncc(-c4ccc(F)cc4F)o3)CC2)CC1. The van der Waals surface area contributed by atoms with Gasteiger partial charge < -0.3 is 19.1 Å². The van der Waals surface area contributed by atoms with E-state index in [4.69, 9.17) is 4.42 Å². The van der Waals surface area contributed by atoms with Gasteiger partial charge in [0.15, 0.2) is 11.7 Å². The Balaban J connectivity index is 1.19. The van der Waals surface area contributed by atoms with E-state index in [0.717, 1.165) is 57.7 Å². The molecule has 2 aliphatic heterocycles. The van der Waals surface area contributed by atoms with Crippen LogP contribution >= 0.6 is 0 Å². The summed E-state index contributed by atoms with van der Waals surface area (Å²) in [6.45, 7) is 7.97. The van der Waals surface area contributed by atoms with E-state index in [0.29, 0.717) is 37.7 Å². The largest absolute Gasteiger partial charge is 0.441 e. The zero-order valence-corrected chi connectivity index (χ0v) is 19.6. The second-order valence-corrected chi connectivity index (χ2v) is 9.09. The van der Waals surface area contributed by atoms with E-state index in [2.05, 4.69) is 16.8 Å². The van der Waals surface area contributed by atoms with Gasteiger partial charge >= 0.3 is 0 Å². The number of benzene rings is 1. The minimum Gasteiger partial charge on any atom is -0.441 e. The molecule has 7 nitrogen and oxygen atoms in total. The first-order chi connectivity index (χ1) is 16.4. The number of likely N-dealkylation sites (N-methyl/N-ethyl adjacent to an activating group) is 1. The first-order valence-corrected chi connectivity index (χ1v) is 12.1. The lowest BCUT2D eigenvalue weighted by atomic mass is 9.92. The maximum Gasteiger partial charge on any atom is 0.223 e. The van der Waals surface area contributed by atoms with Crippen LogP contribution < -0.4 is 0 Å². The Morgan fingerprint density at radius 2 is 1.74 bits per heavy atom. The molecule has 9 heteroatoms. The molecule has 0 unspecified atom stereocenters. The third-order valence-corrected chi connectivity index (χ3v) is 6.91. The maximum atomic E-state index is 13.9. The Kier molecular flexibility index (Phi) is 7.92. The molecule has 0 radical (unpaired) electrons. The Hall–Kier alpha value is -2.81. The molecule has 2 saturated heterocycles. The zero-order valence-electron chi connectivity index (χ0n) is 19.6. The second kappa shape index (κ2) is 11.1. The van der Waals surface area contributed by atoms with Gasteiger partial charge in [0.25, 0.3) is 0 Å². The summed E-state index contributed by atoms with van der Waals surface area (Å²) in [5.41, 5.74) is 0.135. The van der Waals surface area contributed by atoms with Crippen molar-refractivity contribution in [1.29, 1.82) is 0 Å². The van der Waals surface area contributed by atoms with Crippen LogP contribution in [0.3, 0.4) is 0 Å². The number of nitrogens with zero attached hydrogens (tertiary/aromatic N) is 4. The van der Waals surface area contributed by atoms with Crippen molar-refractivity contribution in [3.8, 4) is 11.3 Å². The van der Waals surface area contributed by atoms with Crippen LogP contribution in [-0.4, -0.2) is 77.3 Å². The fourth-order valence-corrected chi connectivity index (χ4v) is 4.69. The number of piperazine rings is 1. The summed E-state index contributed by atoms with van der Waals surface area (Å²) >= 11 is 0. The Labute approximate surface area is 198 Å². The number of carbonyl (C=O) groups excluding carboxylic acids is 2. The maximum absolute atomic E-state index is 13.9. The first-order valence-electron chi connectivity index (χ1n) is 12.1. The standard InChI is InChI=1S/C25H32F2N4O3/c1-2-29-11-13-31(14-12-29)25(33)15-18-7-9-30(10-8-18)24(32)6-5-23-28-17-22(34-23)20-4-3-19(26)16-21(20)27/h3-4,16-18H,2,5-15H2,1H3. The van der Waals surface area contributed by atoms with Crippen LogP contribution in [0.15, 0.2) is 28.8 Å². The molecule has 2 amide bonds. The number of amides is 2. The molecule has 0 bridgehead atoms. The number of halogens is 2. The van der Waals surface area contributed by atoms with Gasteiger partial charge in [-0.3, -0.25) is 9.59 Å². The van der Waals surface area contributed by atoms with Crippen molar-refractivity contribution in [3.05, 3.63) is 41.9 Å². The molecule has 0 spiro atoms. The van der Waals surface area contributed by atoms with E-state index < -0.39 is 11.6 Å². The minimum absolute atomic E-state index is 0.0215. The number of piperidine rings is 1. The average Bonchev–Trinajstić information content (AvgIpc) is 3.31. The summed E-state index contributed by atoms with van der Waals surface area (Å²) in [5.74, 6) is -0.248. The van der Waals surface area contributed by atoms with Gasteiger partial charge in [-0.05, 0) is 37.4 Å². The lowest BCUT2D eigenvalue weighted by molar-refractivity contribution is -0.135. The van der Waals surface area contributed by atoms with E-state index in [1.165, 1.54) is 12.3 Å². The van der Waals surface area contributed by atoms with Gasteiger partial charge in [-0.25, -0.2) is 13.8 Å². The van der Waals surface area contributed by atoms with Gasteiger partial charge in [0.2, 0.25) is 11.8 Å². The molecule has 2 aromatic rings. The normalized spacial score (nSPS) is 17.9. The number of aryl methyl sites for hydroxylation is 1. The van der Waals surface area contributed by atoms with Gasteiger partial charge in [0, 0.05) is 64.6 Å². The van der Waals surface area contributed by atoms with Crippen molar-refractivity contribution in [1.82, 2.24) is 19.7 Å². The summed E-state index contributed by atoms with van der Waals surface area (Å²) < 4.78 is 32.6. The lowest BCUT2D eigenvalue weighted by Crippen LogP contribution is -2.49. The van der Waals surface area contributed by atoms with Crippen molar-refractivity contribution in [2.75, 3.05) is 45.8 Å². The van der Waals surface area contributed by atoms with Gasteiger partial charge in [0.1, 0.15) is 11.6 Å². The Bertz CT molecular complexity index is 996. The molecule has 4 rings (SSSR count). The first kappa shape index (κ1) is 24.3. The third-order valence-electron chi connectivity index (χ3n) is 6.91. The Morgan fingerprint density at radius 1 is 1.03 bits per heavy atom. The molecule has 1 aromatic carbocycles. The summed E-state index contributed by atoms with van der Waals surface area (Å²) in [6, 6.07) is 3.26. The smallest absolute Gasteiger partial charge is 0.223 e. The zero-order chi connectivity index (χ0) is 24.1. The second-order valence-electron chi connectivity index (χ2n) is 9.09.